The number of aryl methyl sites for hydroxylation is 1. The molecule has 2 heterocycles. The number of hydrogen-bond acceptors (Lipinski definition) is 3. The molecule has 2 aliphatic rings. The Hall–Kier alpha value is -2.07. The molecule has 0 bridgehead atoms. The second-order valence-electron chi connectivity index (χ2n) is 8.85. The molecule has 1 aliphatic heterocycles. The maximum Gasteiger partial charge on any atom is 0.252 e. The number of aromatic nitrogens is 1. The minimum absolute atomic E-state index is 0.0452. The van der Waals surface area contributed by atoms with Crippen LogP contribution in [0.1, 0.15) is 56.1 Å². The van der Waals surface area contributed by atoms with Gasteiger partial charge >= 0.3 is 0 Å². The molecule has 1 N–H and O–H groups in total. The van der Waals surface area contributed by atoms with E-state index >= 15 is 0 Å². The second kappa shape index (κ2) is 10.1. The highest BCUT2D eigenvalue weighted by atomic mass is 16.5. The number of rotatable bonds is 8. The van der Waals surface area contributed by atoms with Gasteiger partial charge in [0.05, 0.1) is 6.61 Å². The smallest absolute Gasteiger partial charge is 0.252 e. The molecule has 1 saturated carbocycles. The number of ether oxygens (including phenoxy) is 1. The van der Waals surface area contributed by atoms with E-state index in [1.807, 2.05) is 12.1 Å². The van der Waals surface area contributed by atoms with Crippen molar-refractivity contribution in [1.29, 1.82) is 0 Å². The van der Waals surface area contributed by atoms with Gasteiger partial charge in [-0.05, 0) is 81.1 Å². The fraction of sp³-hybridized carbons (Fsp3) is 0.560. The highest BCUT2D eigenvalue weighted by Crippen LogP contribution is 2.29. The van der Waals surface area contributed by atoms with Crippen molar-refractivity contribution in [1.82, 2.24) is 9.88 Å². The van der Waals surface area contributed by atoms with Gasteiger partial charge in [-0.2, -0.15) is 0 Å². The van der Waals surface area contributed by atoms with Gasteiger partial charge in [-0.3, -0.25) is 9.69 Å². The first-order valence-electron chi connectivity index (χ1n) is 11.4. The summed E-state index contributed by atoms with van der Waals surface area (Å²) in [4.78, 5) is 17.1. The van der Waals surface area contributed by atoms with Gasteiger partial charge in [-0.25, -0.2) is 0 Å². The van der Waals surface area contributed by atoms with Gasteiger partial charge in [-0.1, -0.05) is 37.1 Å². The standard InChI is InChI=1S/C25H34N2O2/c28-25-23(9-5-15-26-25)18-27-16-13-20(14-17-27)11-12-22-8-3-4-10-24(22)29-19-21-6-1-2-7-21/h3-5,8-10,15,20-21H,1-2,6-7,11-14,16-19H2,(H,26,28). The number of pyridine rings is 1. The molecule has 1 aromatic carbocycles. The Kier molecular flexibility index (Phi) is 7.04. The van der Waals surface area contributed by atoms with Gasteiger partial charge in [0.1, 0.15) is 5.75 Å². The van der Waals surface area contributed by atoms with Crippen LogP contribution < -0.4 is 10.3 Å². The lowest BCUT2D eigenvalue weighted by atomic mass is 9.90. The Labute approximate surface area is 174 Å². The van der Waals surface area contributed by atoms with Crippen LogP contribution in [-0.2, 0) is 13.0 Å². The fourth-order valence-electron chi connectivity index (χ4n) is 4.85. The molecule has 29 heavy (non-hydrogen) atoms. The minimum Gasteiger partial charge on any atom is -0.493 e. The van der Waals surface area contributed by atoms with E-state index in [1.165, 1.54) is 50.5 Å². The number of nitrogens with zero attached hydrogens (tertiary/aromatic N) is 1. The molecule has 0 radical (unpaired) electrons. The molecule has 1 aliphatic carbocycles. The molecule has 0 amide bonds. The van der Waals surface area contributed by atoms with E-state index in [0.717, 1.165) is 55.8 Å². The molecule has 1 aromatic heterocycles. The van der Waals surface area contributed by atoms with E-state index < -0.39 is 0 Å². The molecule has 4 nitrogen and oxygen atoms in total. The normalized spacial score (nSPS) is 18.9. The SMILES string of the molecule is O=c1[nH]cccc1CN1CCC(CCc2ccccc2OCC2CCCC2)CC1. The third-order valence-corrected chi connectivity index (χ3v) is 6.74. The number of benzene rings is 1. The first-order valence-corrected chi connectivity index (χ1v) is 11.4. The molecule has 4 rings (SSSR count). The Morgan fingerprint density at radius 3 is 2.48 bits per heavy atom. The molecule has 0 spiro atoms. The summed E-state index contributed by atoms with van der Waals surface area (Å²) in [6, 6.07) is 12.5. The Morgan fingerprint density at radius 2 is 1.69 bits per heavy atom. The third-order valence-electron chi connectivity index (χ3n) is 6.74. The number of likely N-dealkylation sites (tertiary alicyclic amines) is 1. The highest BCUT2D eigenvalue weighted by Gasteiger charge is 2.21. The molecule has 2 aromatic rings. The van der Waals surface area contributed by atoms with Crippen molar-refractivity contribution in [3.63, 3.8) is 0 Å². The van der Waals surface area contributed by atoms with Gasteiger partial charge in [0, 0.05) is 18.3 Å². The lowest BCUT2D eigenvalue weighted by molar-refractivity contribution is 0.171. The number of nitrogens with one attached hydrogen (secondary N) is 1. The summed E-state index contributed by atoms with van der Waals surface area (Å²) in [5.41, 5.74) is 2.28. The fourth-order valence-corrected chi connectivity index (χ4v) is 4.85. The van der Waals surface area contributed by atoms with Crippen molar-refractivity contribution >= 4 is 0 Å². The molecule has 156 valence electrons. The first-order chi connectivity index (χ1) is 14.3. The van der Waals surface area contributed by atoms with Crippen LogP contribution in [0, 0.1) is 11.8 Å². The summed E-state index contributed by atoms with van der Waals surface area (Å²) in [7, 11) is 0. The zero-order valence-corrected chi connectivity index (χ0v) is 17.4. The third kappa shape index (κ3) is 5.72. The highest BCUT2D eigenvalue weighted by molar-refractivity contribution is 5.33. The zero-order chi connectivity index (χ0) is 19.9. The maximum absolute atomic E-state index is 11.9. The zero-order valence-electron chi connectivity index (χ0n) is 17.4. The lowest BCUT2D eigenvalue weighted by Gasteiger charge is -2.32. The first kappa shape index (κ1) is 20.2. The van der Waals surface area contributed by atoms with Crippen LogP contribution in [0.2, 0.25) is 0 Å². The lowest BCUT2D eigenvalue weighted by Crippen LogP contribution is -2.35. The van der Waals surface area contributed by atoms with E-state index in [0.29, 0.717) is 0 Å². The van der Waals surface area contributed by atoms with Gasteiger partial charge in [0.2, 0.25) is 0 Å². The summed E-state index contributed by atoms with van der Waals surface area (Å²) >= 11 is 0. The van der Waals surface area contributed by atoms with E-state index in [2.05, 4.69) is 34.1 Å². The van der Waals surface area contributed by atoms with Crippen LogP contribution in [0.3, 0.4) is 0 Å². The Balaban J connectivity index is 1.23. The number of aromatic amines is 1. The van der Waals surface area contributed by atoms with E-state index in [9.17, 15) is 4.79 Å². The van der Waals surface area contributed by atoms with Crippen LogP contribution in [0.4, 0.5) is 0 Å². The molecule has 2 fully saturated rings. The predicted molar refractivity (Wildman–Crippen MR) is 117 cm³/mol. The predicted octanol–water partition coefficient (Wildman–Crippen LogP) is 4.79. The van der Waals surface area contributed by atoms with E-state index in [4.69, 9.17) is 4.74 Å². The van der Waals surface area contributed by atoms with Crippen molar-refractivity contribution < 1.29 is 4.74 Å². The van der Waals surface area contributed by atoms with Crippen LogP contribution in [-0.4, -0.2) is 29.6 Å². The van der Waals surface area contributed by atoms with Gasteiger partial charge < -0.3 is 9.72 Å². The van der Waals surface area contributed by atoms with Gasteiger partial charge in [-0.15, -0.1) is 0 Å². The monoisotopic (exact) mass is 394 g/mol. The van der Waals surface area contributed by atoms with Crippen molar-refractivity contribution in [3.05, 3.63) is 64.1 Å². The minimum atomic E-state index is 0.0452. The molecule has 0 unspecified atom stereocenters. The van der Waals surface area contributed by atoms with Crippen molar-refractivity contribution in [3.8, 4) is 5.75 Å². The van der Waals surface area contributed by atoms with Crippen molar-refractivity contribution in [2.75, 3.05) is 19.7 Å². The Morgan fingerprint density at radius 1 is 0.931 bits per heavy atom. The number of piperidine rings is 1. The maximum atomic E-state index is 11.9. The summed E-state index contributed by atoms with van der Waals surface area (Å²) in [5, 5.41) is 0. The molecule has 1 saturated heterocycles. The summed E-state index contributed by atoms with van der Waals surface area (Å²) < 4.78 is 6.21. The number of hydrogen-bond donors (Lipinski definition) is 1. The van der Waals surface area contributed by atoms with Gasteiger partial charge in [0.25, 0.3) is 5.56 Å². The van der Waals surface area contributed by atoms with Crippen LogP contribution in [0.25, 0.3) is 0 Å². The summed E-state index contributed by atoms with van der Waals surface area (Å²) in [5.74, 6) is 2.62. The van der Waals surface area contributed by atoms with E-state index in [1.54, 1.807) is 6.20 Å². The number of para-hydroxylation sites is 1. The van der Waals surface area contributed by atoms with Crippen LogP contribution in [0.5, 0.6) is 5.75 Å². The largest absolute Gasteiger partial charge is 0.493 e. The number of H-pyrrole nitrogens is 1. The van der Waals surface area contributed by atoms with Crippen LogP contribution in [0.15, 0.2) is 47.4 Å². The van der Waals surface area contributed by atoms with Crippen LogP contribution >= 0.6 is 0 Å². The average Bonchev–Trinajstić information content (AvgIpc) is 3.28. The topological polar surface area (TPSA) is 45.3 Å². The van der Waals surface area contributed by atoms with Crippen molar-refractivity contribution in [2.24, 2.45) is 11.8 Å². The molecular formula is C25H34N2O2. The molecule has 0 atom stereocenters. The molecular weight excluding hydrogens is 360 g/mol. The molecule has 4 heteroatoms. The summed E-state index contributed by atoms with van der Waals surface area (Å²) in [6.45, 7) is 3.81. The second-order valence-corrected chi connectivity index (χ2v) is 8.85. The summed E-state index contributed by atoms with van der Waals surface area (Å²) in [6.07, 6.45) is 11.9. The van der Waals surface area contributed by atoms with Gasteiger partial charge in [0.15, 0.2) is 0 Å². The van der Waals surface area contributed by atoms with E-state index in [-0.39, 0.29) is 5.56 Å². The average molecular weight is 395 g/mol. The quantitative estimate of drug-likeness (QED) is 0.700. The van der Waals surface area contributed by atoms with Crippen molar-refractivity contribution in [2.45, 2.75) is 57.9 Å². The Bertz CT molecular complexity index is 817.